The number of carbonyl (C=O) groups excluding carboxylic acids is 1. The Morgan fingerprint density at radius 3 is 2.69 bits per heavy atom. The van der Waals surface area contributed by atoms with Crippen molar-refractivity contribution in [3.05, 3.63) is 93.6 Å². The highest BCUT2D eigenvalue weighted by Gasteiger charge is 2.20. The summed E-state index contributed by atoms with van der Waals surface area (Å²) in [7, 11) is 0. The minimum absolute atomic E-state index is 0.0290. The van der Waals surface area contributed by atoms with Crippen molar-refractivity contribution in [1.82, 2.24) is 19.7 Å². The van der Waals surface area contributed by atoms with E-state index < -0.39 is 4.92 Å². The van der Waals surface area contributed by atoms with Gasteiger partial charge >= 0.3 is 0 Å². The Balaban J connectivity index is 1.44. The Hall–Kier alpha value is -4.15. The van der Waals surface area contributed by atoms with Crippen LogP contribution in [0.3, 0.4) is 0 Å². The van der Waals surface area contributed by atoms with Crippen LogP contribution in [-0.4, -0.2) is 36.3 Å². The van der Waals surface area contributed by atoms with E-state index in [0.29, 0.717) is 27.3 Å². The lowest BCUT2D eigenvalue weighted by Gasteiger charge is -2.10. The van der Waals surface area contributed by atoms with Gasteiger partial charge in [-0.3, -0.25) is 19.5 Å². The summed E-state index contributed by atoms with van der Waals surface area (Å²) in [6.07, 6.45) is 1.88. The number of carbonyl (C=O) groups is 1. The highest BCUT2D eigenvalue weighted by atomic mass is 35.5. The first-order chi connectivity index (χ1) is 17.4. The Kier molecular flexibility index (Phi) is 6.45. The molecular weight excluding hydrogens is 500 g/mol. The van der Waals surface area contributed by atoms with Gasteiger partial charge in [-0.25, -0.2) is 0 Å². The summed E-state index contributed by atoms with van der Waals surface area (Å²) in [6, 6.07) is 19.8. The average molecular weight is 519 g/mol. The zero-order valence-electron chi connectivity index (χ0n) is 18.9. The predicted molar refractivity (Wildman–Crippen MR) is 141 cm³/mol. The highest BCUT2D eigenvalue weighted by Crippen LogP contribution is 2.33. The number of thioether (sulfide) groups is 1. The second-order valence-electron chi connectivity index (χ2n) is 7.96. The Morgan fingerprint density at radius 1 is 1.14 bits per heavy atom. The number of hydrogen-bond donors (Lipinski definition) is 2. The van der Waals surface area contributed by atoms with Crippen molar-refractivity contribution in [1.29, 1.82) is 0 Å². The Bertz CT molecular complexity index is 1600. The van der Waals surface area contributed by atoms with Gasteiger partial charge in [-0.15, -0.1) is 10.2 Å². The van der Waals surface area contributed by atoms with Crippen LogP contribution in [0.15, 0.2) is 78.1 Å². The number of para-hydroxylation sites is 1. The average Bonchev–Trinajstić information content (AvgIpc) is 3.48. The van der Waals surface area contributed by atoms with Crippen LogP contribution in [0.1, 0.15) is 5.56 Å². The minimum atomic E-state index is -0.472. The Morgan fingerprint density at radius 2 is 1.92 bits per heavy atom. The maximum absolute atomic E-state index is 12.7. The third-order valence-electron chi connectivity index (χ3n) is 5.57. The number of H-pyrrole nitrogens is 1. The van der Waals surface area contributed by atoms with Crippen molar-refractivity contribution >= 4 is 51.5 Å². The molecular formula is C25H19ClN6O3S. The third kappa shape index (κ3) is 4.68. The van der Waals surface area contributed by atoms with Crippen molar-refractivity contribution in [3.63, 3.8) is 0 Å². The molecule has 2 aromatic heterocycles. The van der Waals surface area contributed by atoms with Gasteiger partial charge in [0.2, 0.25) is 5.91 Å². The molecule has 0 aliphatic rings. The second kappa shape index (κ2) is 9.84. The van der Waals surface area contributed by atoms with Crippen LogP contribution in [0, 0.1) is 17.0 Å². The molecule has 3 aromatic carbocycles. The molecule has 5 aromatic rings. The standard InChI is InChI=1S/C25H19ClN6O3S/c1-15-6-9-17(12-22(15)32(34)35)28-23(33)14-36-25-30-29-24(31(25)18-10-7-16(26)8-11-18)20-13-27-21-5-3-2-4-19(20)21/h2-13,27H,14H2,1H3,(H,28,33). The fourth-order valence-electron chi connectivity index (χ4n) is 3.83. The fourth-order valence-corrected chi connectivity index (χ4v) is 4.71. The van der Waals surface area contributed by atoms with Crippen molar-refractivity contribution in [3.8, 4) is 17.1 Å². The zero-order valence-corrected chi connectivity index (χ0v) is 20.5. The summed E-state index contributed by atoms with van der Waals surface area (Å²) in [5.74, 6) is 0.325. The lowest BCUT2D eigenvalue weighted by atomic mass is 10.1. The van der Waals surface area contributed by atoms with E-state index in [-0.39, 0.29) is 17.3 Å². The molecule has 0 atom stereocenters. The molecule has 2 heterocycles. The van der Waals surface area contributed by atoms with Crippen molar-refractivity contribution in [2.75, 3.05) is 11.1 Å². The Labute approximate surface area is 214 Å². The number of halogens is 1. The van der Waals surface area contributed by atoms with Crippen LogP contribution >= 0.6 is 23.4 Å². The highest BCUT2D eigenvalue weighted by molar-refractivity contribution is 7.99. The maximum Gasteiger partial charge on any atom is 0.274 e. The first kappa shape index (κ1) is 23.6. The summed E-state index contributed by atoms with van der Waals surface area (Å²) in [4.78, 5) is 26.7. The number of hydrogen-bond acceptors (Lipinski definition) is 6. The number of rotatable bonds is 7. The summed E-state index contributed by atoms with van der Waals surface area (Å²) in [5.41, 5.74) is 3.47. The van der Waals surface area contributed by atoms with E-state index in [2.05, 4.69) is 20.5 Å². The van der Waals surface area contributed by atoms with E-state index in [1.54, 1.807) is 31.2 Å². The normalized spacial score (nSPS) is 11.1. The molecule has 9 nitrogen and oxygen atoms in total. The van der Waals surface area contributed by atoms with Gasteiger partial charge in [0.05, 0.1) is 10.7 Å². The first-order valence-corrected chi connectivity index (χ1v) is 12.2. The van der Waals surface area contributed by atoms with Gasteiger partial charge in [0.15, 0.2) is 11.0 Å². The van der Waals surface area contributed by atoms with E-state index in [0.717, 1.165) is 22.2 Å². The van der Waals surface area contributed by atoms with E-state index in [1.807, 2.05) is 47.2 Å². The topological polar surface area (TPSA) is 119 Å². The van der Waals surface area contributed by atoms with Gasteiger partial charge in [0.1, 0.15) is 0 Å². The van der Waals surface area contributed by atoms with Gasteiger partial charge in [0.25, 0.3) is 5.69 Å². The molecule has 1 amide bonds. The predicted octanol–water partition coefficient (Wildman–Crippen LogP) is 6.02. The zero-order chi connectivity index (χ0) is 25.2. The van der Waals surface area contributed by atoms with Crippen LogP contribution in [0.4, 0.5) is 11.4 Å². The largest absolute Gasteiger partial charge is 0.360 e. The number of fused-ring (bicyclic) bond motifs is 1. The van der Waals surface area contributed by atoms with Crippen LogP contribution in [-0.2, 0) is 4.79 Å². The molecule has 2 N–H and O–H groups in total. The molecule has 0 aliphatic carbocycles. The van der Waals surface area contributed by atoms with Crippen LogP contribution < -0.4 is 5.32 Å². The number of benzene rings is 3. The molecule has 0 fully saturated rings. The molecule has 180 valence electrons. The molecule has 0 unspecified atom stereocenters. The summed E-state index contributed by atoms with van der Waals surface area (Å²) >= 11 is 7.32. The number of nitrogens with zero attached hydrogens (tertiary/aromatic N) is 4. The SMILES string of the molecule is Cc1ccc(NC(=O)CSc2nnc(-c3c[nH]c4ccccc34)n2-c2ccc(Cl)cc2)cc1[N+](=O)[O-]. The maximum atomic E-state index is 12.7. The van der Waals surface area contributed by atoms with Gasteiger partial charge in [-0.2, -0.15) is 0 Å². The molecule has 11 heteroatoms. The summed E-state index contributed by atoms with van der Waals surface area (Å²) < 4.78 is 1.88. The van der Waals surface area contributed by atoms with E-state index >= 15 is 0 Å². The fraction of sp³-hybridized carbons (Fsp3) is 0.0800. The number of aromatic nitrogens is 4. The molecule has 0 spiro atoms. The van der Waals surface area contributed by atoms with Gasteiger partial charge in [-0.05, 0) is 43.3 Å². The number of amides is 1. The van der Waals surface area contributed by atoms with E-state index in [9.17, 15) is 14.9 Å². The van der Waals surface area contributed by atoms with E-state index in [4.69, 9.17) is 11.6 Å². The number of nitro benzene ring substituents is 1. The first-order valence-electron chi connectivity index (χ1n) is 10.9. The molecule has 0 saturated carbocycles. The second-order valence-corrected chi connectivity index (χ2v) is 9.34. The number of aromatic amines is 1. The van der Waals surface area contributed by atoms with Crippen LogP contribution in [0.2, 0.25) is 5.02 Å². The number of anilines is 1. The van der Waals surface area contributed by atoms with Gasteiger partial charge in [-0.1, -0.05) is 47.6 Å². The van der Waals surface area contributed by atoms with Crippen LogP contribution in [0.25, 0.3) is 28.0 Å². The smallest absolute Gasteiger partial charge is 0.274 e. The van der Waals surface area contributed by atoms with Crippen molar-refractivity contribution < 1.29 is 9.72 Å². The molecule has 0 bridgehead atoms. The van der Waals surface area contributed by atoms with E-state index in [1.165, 1.54) is 17.8 Å². The molecule has 0 saturated heterocycles. The monoisotopic (exact) mass is 518 g/mol. The quantitative estimate of drug-likeness (QED) is 0.154. The van der Waals surface area contributed by atoms with Crippen LogP contribution in [0.5, 0.6) is 0 Å². The molecule has 0 radical (unpaired) electrons. The number of nitrogens with one attached hydrogen (secondary N) is 2. The molecule has 0 aliphatic heterocycles. The summed E-state index contributed by atoms with van der Waals surface area (Å²) in [5, 5.41) is 24.8. The number of aryl methyl sites for hydroxylation is 1. The lowest BCUT2D eigenvalue weighted by molar-refractivity contribution is -0.385. The molecule has 36 heavy (non-hydrogen) atoms. The van der Waals surface area contributed by atoms with Crippen molar-refractivity contribution in [2.45, 2.75) is 12.1 Å². The molecule has 5 rings (SSSR count). The van der Waals surface area contributed by atoms with Crippen molar-refractivity contribution in [2.24, 2.45) is 0 Å². The number of nitro groups is 1. The lowest BCUT2D eigenvalue weighted by Crippen LogP contribution is -2.14. The summed E-state index contributed by atoms with van der Waals surface area (Å²) in [6.45, 7) is 1.65. The third-order valence-corrected chi connectivity index (χ3v) is 6.75. The van der Waals surface area contributed by atoms with Gasteiger partial charge < -0.3 is 10.3 Å². The van der Waals surface area contributed by atoms with Gasteiger partial charge in [0, 0.05) is 50.7 Å². The minimum Gasteiger partial charge on any atom is -0.360 e.